The smallest absolute Gasteiger partial charge is 0.317 e. The van der Waals surface area contributed by atoms with Gasteiger partial charge in [-0.2, -0.15) is 5.11 Å². The molecule has 1 saturated heterocycles. The van der Waals surface area contributed by atoms with Crippen molar-refractivity contribution in [1.29, 1.82) is 0 Å². The molecule has 6 aliphatic rings. The Bertz CT molecular complexity index is 943. The van der Waals surface area contributed by atoms with E-state index in [1.165, 1.54) is 0 Å². The van der Waals surface area contributed by atoms with Crippen molar-refractivity contribution < 1.29 is 14.3 Å². The highest BCUT2D eigenvalue weighted by atomic mass is 16.6. The molecule has 130 valence electrons. The number of para-hydroxylation sites is 1. The lowest BCUT2D eigenvalue weighted by Crippen LogP contribution is -2.67. The highest BCUT2D eigenvalue weighted by Crippen LogP contribution is 2.78. The molecule has 4 aliphatic carbocycles. The van der Waals surface area contributed by atoms with Gasteiger partial charge in [-0.05, 0) is 25.0 Å². The summed E-state index contributed by atoms with van der Waals surface area (Å²) in [4.78, 5) is 25.0. The van der Waals surface area contributed by atoms with Crippen LogP contribution in [0.25, 0.3) is 0 Å². The Hall–Kier alpha value is -2.50. The van der Waals surface area contributed by atoms with Gasteiger partial charge in [-0.15, -0.1) is 0 Å². The van der Waals surface area contributed by atoms with Gasteiger partial charge in [0, 0.05) is 23.7 Å². The minimum absolute atomic E-state index is 0.0499. The number of carbonyl (C=O) groups is 2. The second-order valence-electron chi connectivity index (χ2n) is 8.56. The lowest BCUT2D eigenvalue weighted by atomic mass is 9.56. The Labute approximate surface area is 149 Å². The Morgan fingerprint density at radius 2 is 1.69 bits per heavy atom. The summed E-state index contributed by atoms with van der Waals surface area (Å²) in [7, 11) is 0. The van der Waals surface area contributed by atoms with Crippen LogP contribution < -0.4 is 5.01 Å². The molecule has 0 amide bonds. The third kappa shape index (κ3) is 1.08. The van der Waals surface area contributed by atoms with E-state index >= 15 is 0 Å². The van der Waals surface area contributed by atoms with Crippen molar-refractivity contribution in [2.45, 2.75) is 23.9 Å². The minimum atomic E-state index is -0.391. The summed E-state index contributed by atoms with van der Waals surface area (Å²) in [6.07, 6.45) is 6.48. The zero-order valence-electron chi connectivity index (χ0n) is 14.0. The van der Waals surface area contributed by atoms with Crippen molar-refractivity contribution in [3.05, 3.63) is 42.5 Å². The Kier molecular flexibility index (Phi) is 2.06. The second-order valence-corrected chi connectivity index (χ2v) is 8.56. The standard InChI is InChI=1S/C20H17N3O3/c24-17-15-13-9-14(16(15)18(25)26-17)20-11-7-6-10(8-11)19(13,20)21-22-23(20)12-4-2-1-3-5-12/h1-7,10-11,13-16H,8-9H2/t10-,11-,13+,14+,15-,16-,19-,20-/m0/s1. The van der Waals surface area contributed by atoms with Crippen LogP contribution in [0, 0.1) is 35.5 Å². The average molecular weight is 347 g/mol. The van der Waals surface area contributed by atoms with Gasteiger partial charge in [-0.1, -0.05) is 35.6 Å². The van der Waals surface area contributed by atoms with E-state index in [1.54, 1.807) is 0 Å². The first-order valence-corrected chi connectivity index (χ1v) is 9.41. The zero-order valence-corrected chi connectivity index (χ0v) is 14.0. The zero-order chi connectivity index (χ0) is 17.3. The third-order valence-electron chi connectivity index (χ3n) is 8.14. The van der Waals surface area contributed by atoms with Crippen LogP contribution in [0.5, 0.6) is 0 Å². The maximum Gasteiger partial charge on any atom is 0.317 e. The van der Waals surface area contributed by atoms with Gasteiger partial charge in [0.2, 0.25) is 0 Å². The van der Waals surface area contributed by atoms with Gasteiger partial charge in [0.1, 0.15) is 11.1 Å². The monoisotopic (exact) mass is 347 g/mol. The van der Waals surface area contributed by atoms with Gasteiger partial charge in [0.15, 0.2) is 0 Å². The molecule has 2 aliphatic heterocycles. The van der Waals surface area contributed by atoms with Crippen LogP contribution in [0.2, 0.25) is 0 Å². The SMILES string of the molecule is O=C1OC(=O)[C@@H]2[C@@H]1[C@H]1C[C@H]2[C@@]23[C@H]4C=C[C@@H](C4)[C@]12N=NN3c1ccccc1. The number of anilines is 1. The van der Waals surface area contributed by atoms with E-state index in [0.717, 1.165) is 18.5 Å². The lowest BCUT2D eigenvalue weighted by molar-refractivity contribution is -0.154. The fourth-order valence-corrected chi connectivity index (χ4v) is 7.66. The van der Waals surface area contributed by atoms with E-state index < -0.39 is 5.54 Å². The highest BCUT2D eigenvalue weighted by Gasteiger charge is 2.88. The Balaban J connectivity index is 1.50. The van der Waals surface area contributed by atoms with Crippen LogP contribution >= 0.6 is 0 Å². The summed E-state index contributed by atoms with van der Waals surface area (Å²) in [6.45, 7) is 0. The molecule has 2 heterocycles. The number of rotatable bonds is 1. The Morgan fingerprint density at radius 1 is 0.962 bits per heavy atom. The fourth-order valence-electron chi connectivity index (χ4n) is 7.66. The normalized spacial score (nSPS) is 51.2. The molecule has 26 heavy (non-hydrogen) atoms. The van der Waals surface area contributed by atoms with E-state index in [1.807, 2.05) is 18.2 Å². The van der Waals surface area contributed by atoms with E-state index in [2.05, 4.69) is 34.5 Å². The van der Waals surface area contributed by atoms with E-state index in [4.69, 9.17) is 9.85 Å². The Morgan fingerprint density at radius 3 is 2.50 bits per heavy atom. The summed E-state index contributed by atoms with van der Waals surface area (Å²) < 4.78 is 5.08. The predicted molar refractivity (Wildman–Crippen MR) is 89.7 cm³/mol. The van der Waals surface area contributed by atoms with Gasteiger partial charge >= 0.3 is 11.9 Å². The first kappa shape index (κ1) is 13.7. The second kappa shape index (κ2) is 3.92. The van der Waals surface area contributed by atoms with Gasteiger partial charge in [-0.25, -0.2) is 5.01 Å². The van der Waals surface area contributed by atoms with Gasteiger partial charge in [0.05, 0.1) is 17.5 Å². The molecule has 0 N–H and O–H groups in total. The van der Waals surface area contributed by atoms with E-state index in [0.29, 0.717) is 11.8 Å². The van der Waals surface area contributed by atoms with Crippen molar-refractivity contribution >= 4 is 17.6 Å². The summed E-state index contributed by atoms with van der Waals surface area (Å²) in [5.74, 6) is -0.615. The van der Waals surface area contributed by atoms with Gasteiger partial charge in [-0.3, -0.25) is 9.59 Å². The van der Waals surface area contributed by atoms with E-state index in [-0.39, 0.29) is 41.1 Å². The molecule has 0 unspecified atom stereocenters. The fraction of sp³-hybridized carbons (Fsp3) is 0.500. The van der Waals surface area contributed by atoms with Crippen molar-refractivity contribution in [3.63, 3.8) is 0 Å². The first-order valence-electron chi connectivity index (χ1n) is 9.41. The summed E-state index contributed by atoms with van der Waals surface area (Å²) >= 11 is 0. The molecule has 0 spiro atoms. The van der Waals surface area contributed by atoms with Crippen molar-refractivity contribution in [1.82, 2.24) is 0 Å². The highest BCUT2D eigenvalue weighted by molar-refractivity contribution is 5.98. The van der Waals surface area contributed by atoms with Gasteiger partial charge < -0.3 is 4.74 Å². The van der Waals surface area contributed by atoms with Crippen LogP contribution in [0.1, 0.15) is 12.8 Å². The molecule has 6 nitrogen and oxygen atoms in total. The van der Waals surface area contributed by atoms with Crippen LogP contribution in [0.4, 0.5) is 5.69 Å². The topological polar surface area (TPSA) is 71.3 Å². The molecule has 3 saturated carbocycles. The largest absolute Gasteiger partial charge is 0.393 e. The van der Waals surface area contributed by atoms with Gasteiger partial charge in [0.25, 0.3) is 0 Å². The molecule has 0 radical (unpaired) electrons. The molecule has 1 aromatic carbocycles. The number of benzene rings is 1. The molecular formula is C20H17N3O3. The molecule has 0 aromatic heterocycles. The summed E-state index contributed by atoms with van der Waals surface area (Å²) in [5, 5.41) is 11.7. The molecule has 6 heteroatoms. The molecule has 4 fully saturated rings. The third-order valence-corrected chi connectivity index (χ3v) is 8.14. The summed E-state index contributed by atoms with van der Waals surface area (Å²) in [5.41, 5.74) is 0.293. The number of carbonyl (C=O) groups excluding carboxylic acids is 2. The minimum Gasteiger partial charge on any atom is -0.393 e. The predicted octanol–water partition coefficient (Wildman–Crippen LogP) is 2.52. The van der Waals surface area contributed by atoms with Crippen molar-refractivity contribution in [2.24, 2.45) is 45.8 Å². The summed E-state index contributed by atoms with van der Waals surface area (Å²) in [6, 6.07) is 10.1. The first-order chi connectivity index (χ1) is 12.7. The molecular weight excluding hydrogens is 330 g/mol. The number of ether oxygens (including phenoxy) is 1. The van der Waals surface area contributed by atoms with E-state index in [9.17, 15) is 9.59 Å². The maximum atomic E-state index is 12.5. The van der Waals surface area contributed by atoms with Crippen molar-refractivity contribution in [3.8, 4) is 0 Å². The maximum absolute atomic E-state index is 12.5. The quantitative estimate of drug-likeness (QED) is 0.445. The van der Waals surface area contributed by atoms with Crippen LogP contribution in [-0.2, 0) is 14.3 Å². The molecule has 1 aromatic rings. The van der Waals surface area contributed by atoms with Crippen LogP contribution in [0.3, 0.4) is 0 Å². The lowest BCUT2D eigenvalue weighted by Gasteiger charge is -2.52. The van der Waals surface area contributed by atoms with Crippen LogP contribution in [0.15, 0.2) is 52.8 Å². The molecule has 4 bridgehead atoms. The number of hydrogen-bond donors (Lipinski definition) is 0. The number of fused-ring (bicyclic) bond motifs is 7. The van der Waals surface area contributed by atoms with Crippen molar-refractivity contribution in [2.75, 3.05) is 5.01 Å². The number of cyclic esters (lactones) is 2. The number of nitrogens with zero attached hydrogens (tertiary/aromatic N) is 3. The molecule has 8 atom stereocenters. The average Bonchev–Trinajstić information content (AvgIpc) is 3.43. The van der Waals surface area contributed by atoms with Crippen LogP contribution in [-0.4, -0.2) is 23.0 Å². The molecule has 7 rings (SSSR count). The number of esters is 2. The number of hydrogen-bond acceptors (Lipinski definition) is 6.